The molecule has 0 aliphatic heterocycles. The number of hydrogen-bond donors (Lipinski definition) is 2. The first kappa shape index (κ1) is 25.5. The molecule has 0 saturated heterocycles. The van der Waals surface area contributed by atoms with Crippen LogP contribution in [-0.4, -0.2) is 70.6 Å². The average Bonchev–Trinajstić information content (AvgIpc) is 3.07. The zero-order chi connectivity index (χ0) is 24.9. The molecule has 2 N–H and O–H groups in total. The topological polar surface area (TPSA) is 104 Å². The van der Waals surface area contributed by atoms with E-state index in [2.05, 4.69) is 6.92 Å². The van der Waals surface area contributed by atoms with Crippen molar-refractivity contribution in [1.29, 1.82) is 0 Å². The maximum atomic E-state index is 13.3. The van der Waals surface area contributed by atoms with Crippen molar-refractivity contribution < 1.29 is 29.3 Å². The molecule has 0 bridgehead atoms. The van der Waals surface area contributed by atoms with E-state index < -0.39 is 35.5 Å². The van der Waals surface area contributed by atoms with Crippen molar-refractivity contribution in [2.45, 2.75) is 84.3 Å². The van der Waals surface area contributed by atoms with Crippen molar-refractivity contribution in [3.8, 4) is 0 Å². The van der Waals surface area contributed by atoms with Crippen molar-refractivity contribution in [3.63, 3.8) is 0 Å². The van der Waals surface area contributed by atoms with Crippen LogP contribution in [0, 0.1) is 28.6 Å². The van der Waals surface area contributed by atoms with Gasteiger partial charge in [-0.25, -0.2) is 0 Å². The Morgan fingerprint density at radius 2 is 1.85 bits per heavy atom. The minimum atomic E-state index is -1.61. The van der Waals surface area contributed by atoms with Crippen LogP contribution >= 0.6 is 0 Å². The van der Waals surface area contributed by atoms with Crippen molar-refractivity contribution in [3.05, 3.63) is 11.6 Å². The number of aliphatic hydroxyl groups is 2. The first-order valence-electron chi connectivity index (χ1n) is 13.1. The number of carbonyl (C=O) groups is 3. The summed E-state index contributed by atoms with van der Waals surface area (Å²) in [7, 11) is 0. The van der Waals surface area contributed by atoms with Crippen LogP contribution in [0.1, 0.15) is 72.6 Å². The second-order valence-electron chi connectivity index (χ2n) is 11.5. The van der Waals surface area contributed by atoms with Gasteiger partial charge in [0.2, 0.25) is 5.78 Å². The van der Waals surface area contributed by atoms with E-state index >= 15 is 0 Å². The lowest BCUT2D eigenvalue weighted by molar-refractivity contribution is -0.184. The fourth-order valence-corrected chi connectivity index (χ4v) is 8.09. The van der Waals surface area contributed by atoms with E-state index in [4.69, 9.17) is 4.74 Å². The zero-order valence-electron chi connectivity index (χ0n) is 21.1. The Bertz CT molecular complexity index is 880. The van der Waals surface area contributed by atoms with Crippen LogP contribution in [0.4, 0.5) is 0 Å². The second-order valence-corrected chi connectivity index (χ2v) is 11.5. The molecule has 4 aliphatic carbocycles. The molecule has 0 aromatic rings. The van der Waals surface area contributed by atoms with Gasteiger partial charge in [0.25, 0.3) is 0 Å². The summed E-state index contributed by atoms with van der Waals surface area (Å²) in [4.78, 5) is 39.5. The molecular weight excluding hydrogens is 434 g/mol. The van der Waals surface area contributed by atoms with Gasteiger partial charge >= 0.3 is 5.97 Å². The van der Waals surface area contributed by atoms with E-state index in [1.807, 2.05) is 25.7 Å². The molecule has 7 atom stereocenters. The largest absolute Gasteiger partial charge is 0.457 e. The van der Waals surface area contributed by atoms with Gasteiger partial charge in [-0.05, 0) is 80.9 Å². The molecule has 0 aromatic carbocycles. The lowest BCUT2D eigenvalue weighted by Crippen LogP contribution is -2.62. The van der Waals surface area contributed by atoms with Crippen LogP contribution in [0.3, 0.4) is 0 Å². The number of aliphatic hydroxyl groups excluding tert-OH is 1. The van der Waals surface area contributed by atoms with Gasteiger partial charge in [0.05, 0.1) is 12.6 Å². The van der Waals surface area contributed by atoms with Gasteiger partial charge in [-0.15, -0.1) is 0 Å². The number of allylic oxidation sites excluding steroid dienone is 1. The third-order valence-electron chi connectivity index (χ3n) is 10.1. The summed E-state index contributed by atoms with van der Waals surface area (Å²) in [5.74, 6) is -0.411. The summed E-state index contributed by atoms with van der Waals surface area (Å²) >= 11 is 0. The number of ether oxygens (including phenoxy) is 1. The first-order valence-corrected chi connectivity index (χ1v) is 13.1. The average molecular weight is 476 g/mol. The Morgan fingerprint density at radius 3 is 2.53 bits per heavy atom. The SMILES string of the molecule is CCN(CC)CC(=O)OCC(=O)[C@@]1(O)CCC2C3CCC4=CC(=O)CC[C@]4(C)C3C(O)C[C@@]21C. The number of hydrogen-bond acceptors (Lipinski definition) is 7. The van der Waals surface area contributed by atoms with E-state index in [-0.39, 0.29) is 35.5 Å². The Kier molecular flexibility index (Phi) is 6.86. The van der Waals surface area contributed by atoms with Gasteiger partial charge in [0.1, 0.15) is 5.60 Å². The predicted molar refractivity (Wildman–Crippen MR) is 127 cm³/mol. The molecule has 4 unspecified atom stereocenters. The minimum Gasteiger partial charge on any atom is -0.457 e. The maximum Gasteiger partial charge on any atom is 0.320 e. The van der Waals surface area contributed by atoms with E-state index in [1.54, 1.807) is 6.08 Å². The number of fused-ring (bicyclic) bond motifs is 5. The van der Waals surface area contributed by atoms with Gasteiger partial charge in [-0.2, -0.15) is 0 Å². The quantitative estimate of drug-likeness (QED) is 0.546. The number of ketones is 2. The molecule has 4 aliphatic rings. The molecule has 190 valence electrons. The van der Waals surface area contributed by atoms with Crippen LogP contribution < -0.4 is 0 Å². The number of nitrogens with zero attached hydrogens (tertiary/aromatic N) is 1. The summed E-state index contributed by atoms with van der Waals surface area (Å²) in [5, 5.41) is 23.2. The third kappa shape index (κ3) is 3.88. The summed E-state index contributed by atoms with van der Waals surface area (Å²) in [6, 6.07) is 0. The van der Waals surface area contributed by atoms with Crippen molar-refractivity contribution in [1.82, 2.24) is 4.90 Å². The number of carbonyl (C=O) groups excluding carboxylic acids is 3. The van der Waals surface area contributed by atoms with Crippen LogP contribution in [0.2, 0.25) is 0 Å². The molecular formula is C27H41NO6. The molecule has 34 heavy (non-hydrogen) atoms. The first-order chi connectivity index (χ1) is 16.0. The molecule has 0 heterocycles. The Labute approximate surface area is 202 Å². The van der Waals surface area contributed by atoms with Crippen LogP contribution in [-0.2, 0) is 19.1 Å². The van der Waals surface area contributed by atoms with Crippen molar-refractivity contribution in [2.75, 3.05) is 26.2 Å². The molecule has 3 fully saturated rings. The molecule has 3 saturated carbocycles. The van der Waals surface area contributed by atoms with Gasteiger partial charge in [-0.3, -0.25) is 19.3 Å². The monoisotopic (exact) mass is 475 g/mol. The van der Waals surface area contributed by atoms with Crippen LogP contribution in [0.15, 0.2) is 11.6 Å². The van der Waals surface area contributed by atoms with Gasteiger partial charge in [0, 0.05) is 11.8 Å². The fraction of sp³-hybridized carbons (Fsp3) is 0.815. The van der Waals surface area contributed by atoms with Crippen LogP contribution in [0.25, 0.3) is 0 Å². The molecule has 0 amide bonds. The molecule has 0 spiro atoms. The second kappa shape index (κ2) is 9.14. The fourth-order valence-electron chi connectivity index (χ4n) is 8.09. The highest BCUT2D eigenvalue weighted by Crippen LogP contribution is 2.67. The van der Waals surface area contributed by atoms with Crippen LogP contribution in [0.5, 0.6) is 0 Å². The normalized spacial score (nSPS) is 41.4. The highest BCUT2D eigenvalue weighted by atomic mass is 16.5. The summed E-state index contributed by atoms with van der Waals surface area (Å²) < 4.78 is 5.28. The standard InChI is InChI=1S/C27H41NO6/c1-5-28(6-2)15-23(32)34-16-22(31)27(33)12-10-20-19-8-7-17-13-18(29)9-11-25(17,3)24(19)21(30)14-26(20,27)4/h13,19-21,24,30,33H,5-12,14-16H2,1-4H3/t19?,20?,21?,24?,25-,26-,27-/m0/s1. The minimum absolute atomic E-state index is 0.0306. The molecule has 0 aromatic heterocycles. The van der Waals surface area contributed by atoms with E-state index in [0.29, 0.717) is 38.8 Å². The Balaban J connectivity index is 1.51. The van der Waals surface area contributed by atoms with E-state index in [0.717, 1.165) is 24.8 Å². The van der Waals surface area contributed by atoms with Gasteiger partial charge < -0.3 is 14.9 Å². The van der Waals surface area contributed by atoms with Gasteiger partial charge in [-0.1, -0.05) is 33.3 Å². The Hall–Kier alpha value is -1.57. The molecule has 4 rings (SSSR count). The molecule has 0 radical (unpaired) electrons. The van der Waals surface area contributed by atoms with Crippen molar-refractivity contribution in [2.24, 2.45) is 28.6 Å². The van der Waals surface area contributed by atoms with Crippen molar-refractivity contribution >= 4 is 17.5 Å². The summed E-state index contributed by atoms with van der Waals surface area (Å²) in [6.07, 6.45) is 5.49. The third-order valence-corrected chi connectivity index (χ3v) is 10.1. The maximum absolute atomic E-state index is 13.3. The lowest BCUT2D eigenvalue weighted by atomic mass is 9.45. The Morgan fingerprint density at radius 1 is 1.15 bits per heavy atom. The summed E-state index contributed by atoms with van der Waals surface area (Å²) in [6.45, 7) is 9.17. The zero-order valence-corrected chi connectivity index (χ0v) is 21.1. The highest BCUT2D eigenvalue weighted by molar-refractivity contribution is 5.92. The molecule has 7 nitrogen and oxygen atoms in total. The highest BCUT2D eigenvalue weighted by Gasteiger charge is 2.68. The smallest absolute Gasteiger partial charge is 0.320 e. The molecule has 7 heteroatoms. The number of likely N-dealkylation sites (N-methyl/N-ethyl adjacent to an activating group) is 1. The predicted octanol–water partition coefficient (Wildman–Crippen LogP) is 2.67. The number of Topliss-reactive ketones (excluding diaryl/α,β-unsaturated/α-hetero) is 1. The number of esters is 1. The lowest BCUT2D eigenvalue weighted by Gasteiger charge is -2.60. The van der Waals surface area contributed by atoms with E-state index in [1.165, 1.54) is 0 Å². The summed E-state index contributed by atoms with van der Waals surface area (Å²) in [5.41, 5.74) is -1.42. The number of rotatable bonds is 7. The van der Waals surface area contributed by atoms with E-state index in [9.17, 15) is 24.6 Å². The van der Waals surface area contributed by atoms with Gasteiger partial charge in [0.15, 0.2) is 12.4 Å².